The van der Waals surface area contributed by atoms with E-state index in [2.05, 4.69) is 5.32 Å². The first-order valence-electron chi connectivity index (χ1n) is 14.3. The van der Waals surface area contributed by atoms with Gasteiger partial charge in [0.15, 0.2) is 0 Å². The van der Waals surface area contributed by atoms with Crippen molar-refractivity contribution in [1.29, 1.82) is 0 Å². The summed E-state index contributed by atoms with van der Waals surface area (Å²) in [5.41, 5.74) is 2.15. The SMILES string of the molecule is CCNC(=O)[C@H](CC)N(Cc1cccc(C)c1)C(=O)CN(c1ccc(Oc2ccccc2)cc1)S(=O)(=O)c1ccccc1. The van der Waals surface area contributed by atoms with Gasteiger partial charge in [-0.1, -0.05) is 73.2 Å². The number of hydrogen-bond acceptors (Lipinski definition) is 5. The third-order valence-corrected chi connectivity index (χ3v) is 8.67. The van der Waals surface area contributed by atoms with Crippen LogP contribution in [0.3, 0.4) is 0 Å². The number of benzene rings is 4. The quantitative estimate of drug-likeness (QED) is 0.206. The summed E-state index contributed by atoms with van der Waals surface area (Å²) in [4.78, 5) is 28.7. The van der Waals surface area contributed by atoms with E-state index in [-0.39, 0.29) is 17.3 Å². The Kier molecular flexibility index (Phi) is 10.6. The van der Waals surface area contributed by atoms with Crippen molar-refractivity contribution in [2.75, 3.05) is 17.4 Å². The largest absolute Gasteiger partial charge is 0.457 e. The number of hydrogen-bond donors (Lipinski definition) is 1. The van der Waals surface area contributed by atoms with Gasteiger partial charge in [-0.25, -0.2) is 8.42 Å². The van der Waals surface area contributed by atoms with Crippen LogP contribution in [0.25, 0.3) is 0 Å². The maximum atomic E-state index is 14.1. The van der Waals surface area contributed by atoms with Crippen LogP contribution in [0.5, 0.6) is 11.5 Å². The zero-order chi connectivity index (χ0) is 30.8. The fourth-order valence-electron chi connectivity index (χ4n) is 4.77. The highest BCUT2D eigenvalue weighted by Crippen LogP contribution is 2.28. The van der Waals surface area contributed by atoms with Gasteiger partial charge in [0.2, 0.25) is 11.8 Å². The van der Waals surface area contributed by atoms with E-state index in [9.17, 15) is 18.0 Å². The van der Waals surface area contributed by atoms with Crippen LogP contribution in [-0.4, -0.2) is 44.3 Å². The number of rotatable bonds is 13. The fourth-order valence-corrected chi connectivity index (χ4v) is 6.21. The van der Waals surface area contributed by atoms with Crippen molar-refractivity contribution in [3.63, 3.8) is 0 Å². The van der Waals surface area contributed by atoms with Crippen LogP contribution in [0.15, 0.2) is 114 Å². The zero-order valence-electron chi connectivity index (χ0n) is 24.6. The number of para-hydroxylation sites is 1. The molecule has 4 rings (SSSR count). The van der Waals surface area contributed by atoms with Crippen molar-refractivity contribution in [2.24, 2.45) is 0 Å². The molecule has 0 heterocycles. The van der Waals surface area contributed by atoms with E-state index in [1.165, 1.54) is 17.0 Å². The molecule has 1 atom stereocenters. The molecule has 0 saturated carbocycles. The number of likely N-dealkylation sites (N-methyl/N-ethyl adjacent to an activating group) is 1. The van der Waals surface area contributed by atoms with Gasteiger partial charge in [-0.3, -0.25) is 13.9 Å². The normalized spacial score (nSPS) is 11.8. The van der Waals surface area contributed by atoms with Gasteiger partial charge >= 0.3 is 0 Å². The predicted molar refractivity (Wildman–Crippen MR) is 168 cm³/mol. The number of sulfonamides is 1. The molecule has 9 heteroatoms. The highest BCUT2D eigenvalue weighted by Gasteiger charge is 2.33. The van der Waals surface area contributed by atoms with Gasteiger partial charge in [-0.05, 0) is 74.4 Å². The number of nitrogens with zero attached hydrogens (tertiary/aromatic N) is 2. The molecular formula is C34H37N3O5S. The van der Waals surface area contributed by atoms with E-state index < -0.39 is 28.5 Å². The highest BCUT2D eigenvalue weighted by molar-refractivity contribution is 7.92. The summed E-state index contributed by atoms with van der Waals surface area (Å²) in [6.45, 7) is 5.66. The van der Waals surface area contributed by atoms with Crippen LogP contribution >= 0.6 is 0 Å². The molecule has 43 heavy (non-hydrogen) atoms. The zero-order valence-corrected chi connectivity index (χ0v) is 25.5. The first kappa shape index (κ1) is 31.3. The molecule has 0 aliphatic heterocycles. The molecule has 2 amide bonds. The predicted octanol–water partition coefficient (Wildman–Crippen LogP) is 5.93. The number of amides is 2. The Morgan fingerprint density at radius 1 is 0.814 bits per heavy atom. The third kappa shape index (κ3) is 8.02. The maximum Gasteiger partial charge on any atom is 0.264 e. The number of nitrogens with one attached hydrogen (secondary N) is 1. The lowest BCUT2D eigenvalue weighted by Crippen LogP contribution is -2.52. The second kappa shape index (κ2) is 14.5. The van der Waals surface area contributed by atoms with Crippen LogP contribution in [0.1, 0.15) is 31.4 Å². The molecular weight excluding hydrogens is 562 g/mol. The summed E-state index contributed by atoms with van der Waals surface area (Å²) in [6.07, 6.45) is 0.361. The summed E-state index contributed by atoms with van der Waals surface area (Å²) < 4.78 is 35.0. The molecule has 4 aromatic rings. The molecule has 0 aliphatic rings. The molecule has 4 aromatic carbocycles. The van der Waals surface area contributed by atoms with Crippen molar-refractivity contribution >= 4 is 27.5 Å². The van der Waals surface area contributed by atoms with Gasteiger partial charge in [0.25, 0.3) is 10.0 Å². The van der Waals surface area contributed by atoms with Crippen molar-refractivity contribution < 1.29 is 22.7 Å². The Labute approximate surface area is 254 Å². The van der Waals surface area contributed by atoms with Crippen LogP contribution in [0.2, 0.25) is 0 Å². The van der Waals surface area contributed by atoms with Gasteiger partial charge in [0.1, 0.15) is 24.1 Å². The molecule has 0 fully saturated rings. The molecule has 224 valence electrons. The standard InChI is InChI=1S/C34H37N3O5S/c1-4-32(34(39)35-5-2)36(24-27-14-12-13-26(3)23-27)33(38)25-37(43(40,41)31-17-10-7-11-18-31)28-19-21-30(22-20-28)42-29-15-8-6-9-16-29/h6-23,32H,4-5,24-25H2,1-3H3,(H,35,39)/t32-/m0/s1. The number of carbonyl (C=O) groups excluding carboxylic acids is 2. The van der Waals surface area contributed by atoms with Crippen LogP contribution in [0, 0.1) is 6.92 Å². The van der Waals surface area contributed by atoms with Gasteiger partial charge in [-0.15, -0.1) is 0 Å². The number of aryl methyl sites for hydroxylation is 1. The minimum atomic E-state index is -4.15. The third-order valence-electron chi connectivity index (χ3n) is 6.89. The second-order valence-corrected chi connectivity index (χ2v) is 11.9. The maximum absolute atomic E-state index is 14.1. The number of ether oxygens (including phenoxy) is 1. The van der Waals surface area contributed by atoms with Gasteiger partial charge in [0, 0.05) is 13.1 Å². The first-order chi connectivity index (χ1) is 20.7. The summed E-state index contributed by atoms with van der Waals surface area (Å²) in [5, 5.41) is 2.82. The van der Waals surface area contributed by atoms with Crippen LogP contribution < -0.4 is 14.4 Å². The Morgan fingerprint density at radius 3 is 2.05 bits per heavy atom. The first-order valence-corrected chi connectivity index (χ1v) is 15.7. The molecule has 0 unspecified atom stereocenters. The average molecular weight is 600 g/mol. The fraction of sp³-hybridized carbons (Fsp3) is 0.235. The minimum Gasteiger partial charge on any atom is -0.457 e. The van der Waals surface area contributed by atoms with Crippen molar-refractivity contribution in [3.05, 3.63) is 120 Å². The topological polar surface area (TPSA) is 96.0 Å². The van der Waals surface area contributed by atoms with Gasteiger partial charge in [0.05, 0.1) is 10.6 Å². The molecule has 0 saturated heterocycles. The Bertz CT molecular complexity index is 1610. The Balaban J connectivity index is 1.71. The molecule has 8 nitrogen and oxygen atoms in total. The van der Waals surface area contributed by atoms with Crippen molar-refractivity contribution in [1.82, 2.24) is 10.2 Å². The van der Waals surface area contributed by atoms with Crippen molar-refractivity contribution in [2.45, 2.75) is 44.7 Å². The van der Waals surface area contributed by atoms with E-state index in [0.29, 0.717) is 30.2 Å². The lowest BCUT2D eigenvalue weighted by atomic mass is 10.1. The van der Waals surface area contributed by atoms with Crippen LogP contribution in [-0.2, 0) is 26.2 Å². The second-order valence-electron chi connectivity index (χ2n) is 10.1. The van der Waals surface area contributed by atoms with Crippen molar-refractivity contribution in [3.8, 4) is 11.5 Å². The molecule has 0 radical (unpaired) electrons. The number of anilines is 1. The van der Waals surface area contributed by atoms with E-state index in [4.69, 9.17) is 4.74 Å². The summed E-state index contributed by atoms with van der Waals surface area (Å²) in [6, 6.07) is 30.7. The smallest absolute Gasteiger partial charge is 0.264 e. The average Bonchev–Trinajstić information content (AvgIpc) is 3.01. The summed E-state index contributed by atoms with van der Waals surface area (Å²) >= 11 is 0. The van der Waals surface area contributed by atoms with E-state index in [1.807, 2.05) is 75.4 Å². The van der Waals surface area contributed by atoms with E-state index >= 15 is 0 Å². The Hall–Kier alpha value is -4.63. The summed E-state index contributed by atoms with van der Waals surface area (Å²) in [7, 11) is -4.15. The van der Waals surface area contributed by atoms with Gasteiger partial charge < -0.3 is 15.0 Å². The number of carbonyl (C=O) groups is 2. The molecule has 0 bridgehead atoms. The summed E-state index contributed by atoms with van der Waals surface area (Å²) in [5.74, 6) is 0.373. The lowest BCUT2D eigenvalue weighted by molar-refractivity contribution is -0.140. The lowest BCUT2D eigenvalue weighted by Gasteiger charge is -2.33. The molecule has 0 aliphatic carbocycles. The van der Waals surface area contributed by atoms with Crippen LogP contribution in [0.4, 0.5) is 5.69 Å². The molecule has 0 spiro atoms. The minimum absolute atomic E-state index is 0.0495. The van der Waals surface area contributed by atoms with E-state index in [0.717, 1.165) is 15.4 Å². The molecule has 1 N–H and O–H groups in total. The highest BCUT2D eigenvalue weighted by atomic mass is 32.2. The van der Waals surface area contributed by atoms with Gasteiger partial charge in [-0.2, -0.15) is 0 Å². The van der Waals surface area contributed by atoms with E-state index in [1.54, 1.807) is 42.5 Å². The monoisotopic (exact) mass is 599 g/mol. The Morgan fingerprint density at radius 2 is 1.44 bits per heavy atom. The molecule has 0 aromatic heterocycles.